The van der Waals surface area contributed by atoms with E-state index in [1.165, 1.54) is 11.1 Å². The first kappa shape index (κ1) is 18.7. The summed E-state index contributed by atoms with van der Waals surface area (Å²) in [5, 5.41) is 6.73. The predicted molar refractivity (Wildman–Crippen MR) is 100 cm³/mol. The Kier molecular flexibility index (Phi) is 7.53. The van der Waals surface area contributed by atoms with Gasteiger partial charge < -0.3 is 15.4 Å². The van der Waals surface area contributed by atoms with Crippen molar-refractivity contribution in [3.63, 3.8) is 0 Å². The minimum absolute atomic E-state index is 0.302. The molecular weight excluding hydrogens is 300 g/mol. The van der Waals surface area contributed by atoms with Crippen LogP contribution < -0.4 is 10.6 Å². The summed E-state index contributed by atoms with van der Waals surface area (Å²) in [6, 6.07) is 8.65. The largest absolute Gasteiger partial charge is 0.373 e. The number of nitrogens with zero attached hydrogens (tertiary/aromatic N) is 2. The zero-order valence-electron chi connectivity index (χ0n) is 15.5. The van der Waals surface area contributed by atoms with E-state index in [0.29, 0.717) is 12.2 Å². The highest BCUT2D eigenvalue weighted by atomic mass is 16.5. The molecule has 1 heterocycles. The number of hydrogen-bond donors (Lipinski definition) is 2. The summed E-state index contributed by atoms with van der Waals surface area (Å²) in [5.74, 6) is 0.861. The zero-order chi connectivity index (χ0) is 17.4. The fraction of sp³-hybridized carbons (Fsp3) is 0.632. The lowest BCUT2D eigenvalue weighted by Gasteiger charge is -2.35. The molecule has 5 nitrogen and oxygen atoms in total. The van der Waals surface area contributed by atoms with E-state index in [0.717, 1.165) is 45.1 Å². The lowest BCUT2D eigenvalue weighted by molar-refractivity contribution is -0.0705. The Morgan fingerprint density at radius 2 is 1.83 bits per heavy atom. The molecule has 2 unspecified atom stereocenters. The van der Waals surface area contributed by atoms with Crippen molar-refractivity contribution in [1.29, 1.82) is 0 Å². The first-order valence-corrected chi connectivity index (χ1v) is 9.01. The molecule has 0 bridgehead atoms. The lowest BCUT2D eigenvalue weighted by Crippen LogP contribution is -2.45. The SMILES string of the molecule is CCCNC(=NC)NCc1ccccc1CN1CC(C)OC(C)C1. The molecule has 2 N–H and O–H groups in total. The maximum Gasteiger partial charge on any atom is 0.191 e. The van der Waals surface area contributed by atoms with E-state index >= 15 is 0 Å². The Labute approximate surface area is 146 Å². The maximum absolute atomic E-state index is 5.84. The van der Waals surface area contributed by atoms with Gasteiger partial charge in [-0.1, -0.05) is 31.2 Å². The van der Waals surface area contributed by atoms with Crippen LogP contribution in [0.2, 0.25) is 0 Å². The van der Waals surface area contributed by atoms with Crippen molar-refractivity contribution in [3.8, 4) is 0 Å². The van der Waals surface area contributed by atoms with Crippen molar-refractivity contribution >= 4 is 5.96 Å². The fourth-order valence-electron chi connectivity index (χ4n) is 3.18. The molecule has 134 valence electrons. The summed E-state index contributed by atoms with van der Waals surface area (Å²) in [5.41, 5.74) is 2.70. The van der Waals surface area contributed by atoms with E-state index in [2.05, 4.69) is 65.6 Å². The third-order valence-electron chi connectivity index (χ3n) is 4.22. The Morgan fingerprint density at radius 1 is 1.17 bits per heavy atom. The van der Waals surface area contributed by atoms with Gasteiger partial charge in [0.05, 0.1) is 12.2 Å². The van der Waals surface area contributed by atoms with Crippen molar-refractivity contribution in [2.24, 2.45) is 4.99 Å². The van der Waals surface area contributed by atoms with Gasteiger partial charge in [-0.3, -0.25) is 9.89 Å². The molecule has 1 aliphatic heterocycles. The van der Waals surface area contributed by atoms with Gasteiger partial charge in [0.25, 0.3) is 0 Å². The molecule has 0 aliphatic carbocycles. The second-order valence-corrected chi connectivity index (χ2v) is 6.57. The Bertz CT molecular complexity index is 522. The lowest BCUT2D eigenvalue weighted by atomic mass is 10.1. The van der Waals surface area contributed by atoms with Crippen molar-refractivity contribution in [1.82, 2.24) is 15.5 Å². The van der Waals surface area contributed by atoms with Crippen LogP contribution in [0.3, 0.4) is 0 Å². The van der Waals surface area contributed by atoms with Crippen LogP contribution in [-0.4, -0.2) is 49.7 Å². The van der Waals surface area contributed by atoms with Crippen LogP contribution in [0.1, 0.15) is 38.3 Å². The second-order valence-electron chi connectivity index (χ2n) is 6.57. The number of guanidine groups is 1. The Hall–Kier alpha value is -1.59. The highest BCUT2D eigenvalue weighted by Gasteiger charge is 2.22. The van der Waals surface area contributed by atoms with Gasteiger partial charge in [0, 0.05) is 39.8 Å². The Balaban J connectivity index is 1.97. The van der Waals surface area contributed by atoms with Gasteiger partial charge >= 0.3 is 0 Å². The van der Waals surface area contributed by atoms with E-state index in [1.54, 1.807) is 0 Å². The van der Waals surface area contributed by atoms with E-state index in [-0.39, 0.29) is 0 Å². The summed E-state index contributed by atoms with van der Waals surface area (Å²) in [4.78, 5) is 6.76. The van der Waals surface area contributed by atoms with Gasteiger partial charge in [-0.2, -0.15) is 0 Å². The molecule has 1 fully saturated rings. The number of benzene rings is 1. The summed E-state index contributed by atoms with van der Waals surface area (Å²) < 4.78 is 5.84. The van der Waals surface area contributed by atoms with Crippen LogP contribution in [0.25, 0.3) is 0 Å². The molecule has 0 radical (unpaired) electrons. The number of hydrogen-bond acceptors (Lipinski definition) is 3. The van der Waals surface area contributed by atoms with Gasteiger partial charge in [0.15, 0.2) is 5.96 Å². The van der Waals surface area contributed by atoms with Crippen LogP contribution in [-0.2, 0) is 17.8 Å². The van der Waals surface area contributed by atoms with Gasteiger partial charge in [-0.05, 0) is 31.4 Å². The standard InChI is InChI=1S/C19H32N4O/c1-5-10-21-19(20-4)22-11-17-8-6-7-9-18(17)14-23-12-15(2)24-16(3)13-23/h6-9,15-16H,5,10-14H2,1-4H3,(H2,20,21,22). The average Bonchev–Trinajstić information content (AvgIpc) is 2.55. The van der Waals surface area contributed by atoms with Crippen LogP contribution in [0.4, 0.5) is 0 Å². The summed E-state index contributed by atoms with van der Waals surface area (Å²) in [7, 11) is 1.81. The first-order valence-electron chi connectivity index (χ1n) is 9.01. The highest BCUT2D eigenvalue weighted by Crippen LogP contribution is 2.16. The van der Waals surface area contributed by atoms with Crippen LogP contribution >= 0.6 is 0 Å². The first-order chi connectivity index (χ1) is 11.6. The van der Waals surface area contributed by atoms with E-state index < -0.39 is 0 Å². The van der Waals surface area contributed by atoms with Gasteiger partial charge in [-0.25, -0.2) is 0 Å². The van der Waals surface area contributed by atoms with Crippen molar-refractivity contribution < 1.29 is 4.74 Å². The molecule has 0 aromatic heterocycles. The predicted octanol–water partition coefficient (Wildman–Crippen LogP) is 2.37. The van der Waals surface area contributed by atoms with Crippen molar-refractivity contribution in [3.05, 3.63) is 35.4 Å². The minimum atomic E-state index is 0.302. The van der Waals surface area contributed by atoms with Gasteiger partial charge in [-0.15, -0.1) is 0 Å². The van der Waals surface area contributed by atoms with Crippen LogP contribution in [0, 0.1) is 0 Å². The van der Waals surface area contributed by atoms with E-state index in [4.69, 9.17) is 4.74 Å². The molecule has 5 heteroatoms. The fourth-order valence-corrected chi connectivity index (χ4v) is 3.18. The van der Waals surface area contributed by atoms with E-state index in [1.807, 2.05) is 7.05 Å². The monoisotopic (exact) mass is 332 g/mol. The molecule has 0 saturated carbocycles. The maximum atomic E-state index is 5.84. The Morgan fingerprint density at radius 3 is 2.46 bits per heavy atom. The summed E-state index contributed by atoms with van der Waals surface area (Å²) in [6.45, 7) is 11.1. The molecule has 1 aromatic rings. The van der Waals surface area contributed by atoms with Crippen LogP contribution in [0.5, 0.6) is 0 Å². The van der Waals surface area contributed by atoms with E-state index in [9.17, 15) is 0 Å². The molecule has 0 spiro atoms. The quantitative estimate of drug-likeness (QED) is 0.620. The zero-order valence-corrected chi connectivity index (χ0v) is 15.5. The third kappa shape index (κ3) is 5.80. The smallest absolute Gasteiger partial charge is 0.191 e. The minimum Gasteiger partial charge on any atom is -0.373 e. The van der Waals surface area contributed by atoms with Gasteiger partial charge in [0.1, 0.15) is 0 Å². The topological polar surface area (TPSA) is 48.9 Å². The van der Waals surface area contributed by atoms with Gasteiger partial charge in [0.2, 0.25) is 0 Å². The number of morpholine rings is 1. The van der Waals surface area contributed by atoms with Crippen molar-refractivity contribution in [2.75, 3.05) is 26.7 Å². The molecule has 2 rings (SSSR count). The third-order valence-corrected chi connectivity index (χ3v) is 4.22. The molecule has 1 aliphatic rings. The number of rotatable bonds is 6. The number of ether oxygens (including phenoxy) is 1. The molecule has 1 aromatic carbocycles. The summed E-state index contributed by atoms with van der Waals surface area (Å²) in [6.07, 6.45) is 1.69. The molecule has 24 heavy (non-hydrogen) atoms. The number of nitrogens with one attached hydrogen (secondary N) is 2. The molecule has 2 atom stereocenters. The highest BCUT2D eigenvalue weighted by molar-refractivity contribution is 5.79. The summed E-state index contributed by atoms with van der Waals surface area (Å²) >= 11 is 0. The molecule has 1 saturated heterocycles. The average molecular weight is 332 g/mol. The second kappa shape index (κ2) is 9.64. The number of aliphatic imine (C=N–C) groups is 1. The molecular formula is C19H32N4O. The van der Waals surface area contributed by atoms with Crippen LogP contribution in [0.15, 0.2) is 29.3 Å². The normalized spacial score (nSPS) is 22.4. The van der Waals surface area contributed by atoms with Crippen molar-refractivity contribution in [2.45, 2.75) is 52.5 Å². The molecule has 0 amide bonds.